The van der Waals surface area contributed by atoms with Crippen molar-refractivity contribution in [2.45, 2.75) is 6.61 Å². The molecule has 0 saturated heterocycles. The maximum Gasteiger partial charge on any atom is 0.329 e. The van der Waals surface area contributed by atoms with Gasteiger partial charge in [-0.25, -0.2) is 9.82 Å². The lowest BCUT2D eigenvalue weighted by Gasteiger charge is -2.12. The van der Waals surface area contributed by atoms with Gasteiger partial charge < -0.3 is 14.8 Å². The largest absolute Gasteiger partial charge is 0.493 e. The third-order valence-electron chi connectivity index (χ3n) is 4.37. The van der Waals surface area contributed by atoms with Crippen LogP contribution >= 0.6 is 34.8 Å². The number of hydrogen-bond acceptors (Lipinski definition) is 5. The summed E-state index contributed by atoms with van der Waals surface area (Å²) >= 11 is 17.9. The van der Waals surface area contributed by atoms with Crippen LogP contribution < -0.4 is 20.2 Å². The average molecular weight is 525 g/mol. The summed E-state index contributed by atoms with van der Waals surface area (Å²) in [5.74, 6) is -1.60. The molecule has 0 unspecified atom stereocenters. The van der Waals surface area contributed by atoms with Crippen LogP contribution in [0.2, 0.25) is 15.1 Å². The fraction of sp³-hybridized carbons (Fsp3) is 0.0870. The van der Waals surface area contributed by atoms with Crippen LogP contribution in [0, 0.1) is 5.82 Å². The Bertz CT molecular complexity index is 1250. The lowest BCUT2D eigenvalue weighted by atomic mass is 10.2. The molecule has 3 aromatic carbocycles. The summed E-state index contributed by atoms with van der Waals surface area (Å²) in [6.07, 6.45) is 1.32. The quantitative estimate of drug-likeness (QED) is 0.244. The number of carbonyl (C=O) groups excluding carboxylic acids is 2. The first-order valence-electron chi connectivity index (χ1n) is 9.61. The Labute approximate surface area is 209 Å². The highest BCUT2D eigenvalue weighted by Crippen LogP contribution is 2.30. The first-order chi connectivity index (χ1) is 16.3. The van der Waals surface area contributed by atoms with Crippen molar-refractivity contribution in [1.82, 2.24) is 5.43 Å². The van der Waals surface area contributed by atoms with Gasteiger partial charge in [0.2, 0.25) is 0 Å². The standard InChI is InChI=1S/C23H17Cl3FN3O4/c1-33-20-9-13(5-8-19(20)34-12-14-6-7-15(27)10-17(14)25)11-28-30-23(32)22(31)29-18-4-2-3-16(24)21(18)26/h2-11H,12H2,1H3,(H,29,31)(H,30,32). The summed E-state index contributed by atoms with van der Waals surface area (Å²) in [4.78, 5) is 24.0. The molecular weight excluding hydrogens is 508 g/mol. The van der Waals surface area contributed by atoms with E-state index in [1.807, 2.05) is 0 Å². The predicted octanol–water partition coefficient (Wildman–Crippen LogP) is 5.46. The zero-order chi connectivity index (χ0) is 24.7. The van der Waals surface area contributed by atoms with Crippen LogP contribution in [-0.2, 0) is 16.2 Å². The molecule has 7 nitrogen and oxygen atoms in total. The van der Waals surface area contributed by atoms with Crippen LogP contribution in [0.3, 0.4) is 0 Å². The second kappa shape index (κ2) is 11.7. The summed E-state index contributed by atoms with van der Waals surface area (Å²) in [7, 11) is 1.46. The van der Waals surface area contributed by atoms with Gasteiger partial charge in [-0.05, 0) is 48.0 Å². The zero-order valence-electron chi connectivity index (χ0n) is 17.6. The monoisotopic (exact) mass is 523 g/mol. The van der Waals surface area contributed by atoms with E-state index in [0.29, 0.717) is 22.6 Å². The Balaban J connectivity index is 1.59. The van der Waals surface area contributed by atoms with Crippen LogP contribution in [0.15, 0.2) is 59.7 Å². The fourth-order valence-electron chi connectivity index (χ4n) is 2.67. The van der Waals surface area contributed by atoms with Crippen LogP contribution in [0.1, 0.15) is 11.1 Å². The molecular formula is C23H17Cl3FN3O4. The van der Waals surface area contributed by atoms with Crippen LogP contribution in [0.25, 0.3) is 0 Å². The van der Waals surface area contributed by atoms with Crippen molar-refractivity contribution in [2.24, 2.45) is 5.10 Å². The van der Waals surface area contributed by atoms with Crippen molar-refractivity contribution in [2.75, 3.05) is 12.4 Å². The van der Waals surface area contributed by atoms with Crippen molar-refractivity contribution in [3.63, 3.8) is 0 Å². The number of nitrogens with zero attached hydrogens (tertiary/aromatic N) is 1. The molecule has 0 radical (unpaired) electrons. The Kier molecular flexibility index (Phi) is 8.70. The van der Waals surface area contributed by atoms with E-state index in [9.17, 15) is 14.0 Å². The number of amides is 2. The molecule has 0 spiro atoms. The zero-order valence-corrected chi connectivity index (χ0v) is 19.8. The fourth-order valence-corrected chi connectivity index (χ4v) is 3.24. The van der Waals surface area contributed by atoms with E-state index < -0.39 is 17.6 Å². The molecule has 11 heteroatoms. The summed E-state index contributed by atoms with van der Waals surface area (Å²) in [5, 5.41) is 6.72. The topological polar surface area (TPSA) is 89.0 Å². The third kappa shape index (κ3) is 6.60. The molecule has 2 amide bonds. The van der Waals surface area contributed by atoms with Gasteiger partial charge in [-0.15, -0.1) is 0 Å². The van der Waals surface area contributed by atoms with Gasteiger partial charge in [0.15, 0.2) is 11.5 Å². The second-order valence-corrected chi connectivity index (χ2v) is 7.88. The maximum absolute atomic E-state index is 13.2. The molecule has 0 aromatic heterocycles. The molecule has 0 aliphatic rings. The molecule has 0 aliphatic carbocycles. The van der Waals surface area contributed by atoms with E-state index in [0.717, 1.165) is 0 Å². The number of nitrogens with one attached hydrogen (secondary N) is 2. The van der Waals surface area contributed by atoms with E-state index in [4.69, 9.17) is 44.3 Å². The molecule has 34 heavy (non-hydrogen) atoms. The average Bonchev–Trinajstić information content (AvgIpc) is 2.81. The Hall–Kier alpha value is -3.33. The number of ether oxygens (including phenoxy) is 2. The van der Waals surface area contributed by atoms with Crippen LogP contribution in [0.4, 0.5) is 10.1 Å². The van der Waals surface area contributed by atoms with Crippen molar-refractivity contribution in [3.8, 4) is 11.5 Å². The second-order valence-electron chi connectivity index (χ2n) is 6.69. The number of halogens is 4. The molecule has 3 rings (SSSR count). The Morgan fingerprint density at radius 3 is 2.53 bits per heavy atom. The molecule has 0 aliphatic heterocycles. The molecule has 0 fully saturated rings. The molecule has 3 aromatic rings. The number of rotatable bonds is 7. The molecule has 176 valence electrons. The minimum atomic E-state index is -1.00. The van der Waals surface area contributed by atoms with E-state index in [2.05, 4.69) is 15.8 Å². The first kappa shape index (κ1) is 25.3. The predicted molar refractivity (Wildman–Crippen MR) is 130 cm³/mol. The summed E-state index contributed by atoms with van der Waals surface area (Å²) in [6, 6.07) is 13.6. The summed E-state index contributed by atoms with van der Waals surface area (Å²) in [6.45, 7) is 0.102. The van der Waals surface area contributed by atoms with Crippen molar-refractivity contribution in [1.29, 1.82) is 0 Å². The van der Waals surface area contributed by atoms with E-state index >= 15 is 0 Å². The maximum atomic E-state index is 13.2. The minimum absolute atomic E-state index is 0.102. The first-order valence-corrected chi connectivity index (χ1v) is 10.7. The van der Waals surface area contributed by atoms with Crippen molar-refractivity contribution < 1.29 is 23.5 Å². The number of anilines is 1. The number of hydrogen-bond donors (Lipinski definition) is 2. The van der Waals surface area contributed by atoms with E-state index in [-0.39, 0.29) is 27.4 Å². The summed E-state index contributed by atoms with van der Waals surface area (Å²) in [5.41, 5.74) is 3.48. The smallest absolute Gasteiger partial charge is 0.329 e. The van der Waals surface area contributed by atoms with Gasteiger partial charge in [0, 0.05) is 5.56 Å². The van der Waals surface area contributed by atoms with Crippen molar-refractivity contribution in [3.05, 3.63) is 86.6 Å². The number of hydrazone groups is 1. The van der Waals surface area contributed by atoms with Crippen molar-refractivity contribution >= 4 is 58.5 Å². The summed E-state index contributed by atoms with van der Waals surface area (Å²) < 4.78 is 24.2. The Morgan fingerprint density at radius 2 is 1.79 bits per heavy atom. The highest BCUT2D eigenvalue weighted by atomic mass is 35.5. The third-order valence-corrected chi connectivity index (χ3v) is 5.54. The SMILES string of the molecule is COc1cc(C=NNC(=O)C(=O)Nc2cccc(Cl)c2Cl)ccc1OCc1ccc(F)cc1Cl. The molecule has 0 bridgehead atoms. The van der Waals surface area contributed by atoms with Gasteiger partial charge in [-0.3, -0.25) is 9.59 Å². The number of methoxy groups -OCH3 is 1. The highest BCUT2D eigenvalue weighted by molar-refractivity contribution is 6.45. The molecule has 0 saturated carbocycles. The van der Waals surface area contributed by atoms with Gasteiger partial charge >= 0.3 is 11.8 Å². The normalized spacial score (nSPS) is 10.7. The lowest BCUT2D eigenvalue weighted by molar-refractivity contribution is -0.136. The minimum Gasteiger partial charge on any atom is -0.493 e. The van der Waals surface area contributed by atoms with Gasteiger partial charge in [0.25, 0.3) is 0 Å². The van der Waals surface area contributed by atoms with Crippen LogP contribution in [0.5, 0.6) is 11.5 Å². The Morgan fingerprint density at radius 1 is 1.00 bits per heavy atom. The molecule has 0 atom stereocenters. The van der Waals surface area contributed by atoms with E-state index in [1.54, 1.807) is 30.3 Å². The van der Waals surface area contributed by atoms with Gasteiger partial charge in [0.05, 0.1) is 34.1 Å². The van der Waals surface area contributed by atoms with Gasteiger partial charge in [0.1, 0.15) is 12.4 Å². The highest BCUT2D eigenvalue weighted by Gasteiger charge is 2.15. The molecule has 0 heterocycles. The number of benzene rings is 3. The van der Waals surface area contributed by atoms with Crippen LogP contribution in [-0.4, -0.2) is 25.1 Å². The van der Waals surface area contributed by atoms with Gasteiger partial charge in [-0.1, -0.05) is 46.9 Å². The lowest BCUT2D eigenvalue weighted by Crippen LogP contribution is -2.32. The van der Waals surface area contributed by atoms with Gasteiger partial charge in [-0.2, -0.15) is 5.10 Å². The number of carbonyl (C=O) groups is 2. The van der Waals surface area contributed by atoms with E-state index in [1.165, 1.54) is 37.6 Å². The molecule has 2 N–H and O–H groups in total.